The number of hydrogen-bond acceptors (Lipinski definition) is 7. The van der Waals surface area contributed by atoms with Crippen LogP contribution in [0.4, 0.5) is 0 Å². The molecule has 1 heterocycles. The molecule has 0 bridgehead atoms. The molecule has 0 aliphatic heterocycles. The van der Waals surface area contributed by atoms with E-state index in [1.165, 1.54) is 13.7 Å². The number of ether oxygens (including phenoxy) is 1. The van der Waals surface area contributed by atoms with Crippen molar-refractivity contribution in [1.29, 1.82) is 15.8 Å². The van der Waals surface area contributed by atoms with Gasteiger partial charge in [0.25, 0.3) is 6.26 Å². The molecule has 10 heteroatoms. The molecule has 218 valence electrons. The molecule has 1 aromatic rings. The van der Waals surface area contributed by atoms with Crippen LogP contribution in [-0.2, 0) is 24.4 Å². The standard InChI is InChI=1S/C30H44N6O4/c1-2-23(14-16-31)5-3-4-18-34-28(37)35(19-25-8-6-24(7-9-25)15-17-32)30(39)36(29(34)38)20-26-10-12-27(13-11-26)21-40-22-33/h23-27H,2-15,18-21H2,1H3. The molecular formula is C30H44N6O4. The molecule has 1 atom stereocenters. The van der Waals surface area contributed by atoms with E-state index in [1.807, 2.05) is 0 Å². The maximum absolute atomic E-state index is 13.6. The van der Waals surface area contributed by atoms with Gasteiger partial charge in [0.2, 0.25) is 0 Å². The van der Waals surface area contributed by atoms with Crippen molar-refractivity contribution in [1.82, 2.24) is 13.7 Å². The van der Waals surface area contributed by atoms with Gasteiger partial charge in [0.15, 0.2) is 0 Å². The van der Waals surface area contributed by atoms with Gasteiger partial charge in [-0.15, -0.1) is 0 Å². The molecule has 2 fully saturated rings. The molecule has 0 radical (unpaired) electrons. The van der Waals surface area contributed by atoms with Gasteiger partial charge in [-0.1, -0.05) is 19.8 Å². The third-order valence-electron chi connectivity index (χ3n) is 9.16. The van der Waals surface area contributed by atoms with Gasteiger partial charge in [0.1, 0.15) is 6.61 Å². The van der Waals surface area contributed by atoms with Crippen molar-refractivity contribution in [3.05, 3.63) is 31.5 Å². The van der Waals surface area contributed by atoms with E-state index in [9.17, 15) is 14.4 Å². The number of unbranched alkanes of at least 4 members (excludes halogenated alkanes) is 1. The molecule has 1 unspecified atom stereocenters. The zero-order chi connectivity index (χ0) is 28.9. The maximum atomic E-state index is 13.6. The summed E-state index contributed by atoms with van der Waals surface area (Å²) in [6.45, 7) is 3.33. The number of nitrogens with zero attached hydrogens (tertiary/aromatic N) is 6. The molecular weight excluding hydrogens is 508 g/mol. The van der Waals surface area contributed by atoms with Gasteiger partial charge in [0, 0.05) is 32.5 Å². The molecule has 2 aliphatic rings. The van der Waals surface area contributed by atoms with Gasteiger partial charge in [0.05, 0.1) is 12.1 Å². The Morgan fingerprint density at radius 2 is 1.27 bits per heavy atom. The van der Waals surface area contributed by atoms with Crippen molar-refractivity contribution >= 4 is 0 Å². The average molecular weight is 553 g/mol. The Morgan fingerprint density at radius 1 is 0.750 bits per heavy atom. The summed E-state index contributed by atoms with van der Waals surface area (Å²) in [6, 6.07) is 4.48. The van der Waals surface area contributed by atoms with Crippen LogP contribution in [0, 0.1) is 63.8 Å². The van der Waals surface area contributed by atoms with Crippen LogP contribution in [0.1, 0.15) is 96.8 Å². The Labute approximate surface area is 236 Å². The highest BCUT2D eigenvalue weighted by molar-refractivity contribution is 4.85. The van der Waals surface area contributed by atoms with E-state index in [2.05, 4.69) is 19.1 Å². The molecule has 0 saturated heterocycles. The van der Waals surface area contributed by atoms with Crippen LogP contribution in [0.15, 0.2) is 14.4 Å². The summed E-state index contributed by atoms with van der Waals surface area (Å²) in [5.41, 5.74) is -1.56. The molecule has 2 saturated carbocycles. The van der Waals surface area contributed by atoms with Gasteiger partial charge in [-0.2, -0.15) is 15.8 Å². The lowest BCUT2D eigenvalue weighted by molar-refractivity contribution is 0.151. The van der Waals surface area contributed by atoms with Gasteiger partial charge < -0.3 is 4.74 Å². The molecule has 1 aromatic heterocycles. The van der Waals surface area contributed by atoms with Crippen LogP contribution in [0.2, 0.25) is 0 Å². The molecule has 3 rings (SSSR count). The molecule has 10 nitrogen and oxygen atoms in total. The summed E-state index contributed by atoms with van der Waals surface area (Å²) in [6.07, 6.45) is 13.0. The molecule has 0 spiro atoms. The van der Waals surface area contributed by atoms with Crippen LogP contribution >= 0.6 is 0 Å². The van der Waals surface area contributed by atoms with E-state index in [0.29, 0.717) is 56.7 Å². The molecule has 2 aliphatic carbocycles. The largest absolute Gasteiger partial charge is 0.427 e. The van der Waals surface area contributed by atoms with Crippen LogP contribution in [-0.4, -0.2) is 20.3 Å². The van der Waals surface area contributed by atoms with Crippen molar-refractivity contribution in [2.75, 3.05) is 6.61 Å². The van der Waals surface area contributed by atoms with E-state index in [1.54, 1.807) is 6.26 Å². The first kappa shape index (κ1) is 31.2. The van der Waals surface area contributed by atoms with Crippen LogP contribution in [0.3, 0.4) is 0 Å². The lowest BCUT2D eigenvalue weighted by Crippen LogP contribution is -2.55. The molecule has 0 aromatic carbocycles. The highest BCUT2D eigenvalue weighted by Crippen LogP contribution is 2.31. The van der Waals surface area contributed by atoms with Crippen molar-refractivity contribution in [3.63, 3.8) is 0 Å². The quantitative estimate of drug-likeness (QED) is 0.247. The second-order valence-electron chi connectivity index (χ2n) is 11.9. The molecule has 0 amide bonds. The fourth-order valence-electron chi connectivity index (χ4n) is 6.47. The van der Waals surface area contributed by atoms with Crippen molar-refractivity contribution in [2.45, 2.75) is 116 Å². The van der Waals surface area contributed by atoms with Crippen molar-refractivity contribution in [2.24, 2.45) is 29.6 Å². The van der Waals surface area contributed by atoms with E-state index < -0.39 is 17.1 Å². The van der Waals surface area contributed by atoms with Gasteiger partial charge in [-0.3, -0.25) is 0 Å². The number of nitriles is 3. The minimum Gasteiger partial charge on any atom is -0.427 e. The second-order valence-corrected chi connectivity index (χ2v) is 11.9. The van der Waals surface area contributed by atoms with Crippen molar-refractivity contribution in [3.8, 4) is 18.4 Å². The summed E-state index contributed by atoms with van der Waals surface area (Å²) in [7, 11) is 0. The zero-order valence-corrected chi connectivity index (χ0v) is 23.9. The molecule has 0 N–H and O–H groups in total. The fraction of sp³-hybridized carbons (Fsp3) is 0.800. The second kappa shape index (κ2) is 16.1. The smallest absolute Gasteiger partial charge is 0.336 e. The number of aromatic nitrogens is 3. The third kappa shape index (κ3) is 8.59. The SMILES string of the molecule is CCC(CC#N)CCCCn1c(=O)n(CC2CCC(CC#N)CC2)c(=O)n(CC2CCC(COC#N)CC2)c1=O. The summed E-state index contributed by atoms with van der Waals surface area (Å²) in [4.78, 5) is 40.6. The minimum atomic E-state index is -0.525. The first-order chi connectivity index (χ1) is 19.4. The highest BCUT2D eigenvalue weighted by Gasteiger charge is 2.27. The first-order valence-corrected chi connectivity index (χ1v) is 15.1. The van der Waals surface area contributed by atoms with Crippen molar-refractivity contribution < 1.29 is 4.74 Å². The van der Waals surface area contributed by atoms with E-state index in [-0.39, 0.29) is 18.4 Å². The Hall–Kier alpha value is -3.32. The zero-order valence-electron chi connectivity index (χ0n) is 23.9. The fourth-order valence-corrected chi connectivity index (χ4v) is 6.47. The maximum Gasteiger partial charge on any atom is 0.336 e. The third-order valence-corrected chi connectivity index (χ3v) is 9.16. The Kier molecular flexibility index (Phi) is 12.5. The number of hydrogen-bond donors (Lipinski definition) is 0. The topological polar surface area (TPSA) is 147 Å². The van der Waals surface area contributed by atoms with E-state index in [0.717, 1.165) is 70.6 Å². The van der Waals surface area contributed by atoms with Crippen LogP contribution < -0.4 is 17.1 Å². The number of rotatable bonds is 14. The Balaban J connectivity index is 1.79. The van der Waals surface area contributed by atoms with Crippen LogP contribution in [0.5, 0.6) is 0 Å². The first-order valence-electron chi connectivity index (χ1n) is 15.1. The Bertz CT molecular complexity index is 1240. The summed E-state index contributed by atoms with van der Waals surface area (Å²) < 4.78 is 8.73. The van der Waals surface area contributed by atoms with Gasteiger partial charge in [-0.05, 0) is 93.8 Å². The van der Waals surface area contributed by atoms with Gasteiger partial charge in [-0.25, -0.2) is 28.1 Å². The Morgan fingerprint density at radius 3 is 1.77 bits per heavy atom. The van der Waals surface area contributed by atoms with E-state index >= 15 is 0 Å². The summed E-state index contributed by atoms with van der Waals surface area (Å²) in [5.74, 6) is 1.33. The predicted octanol–water partition coefficient (Wildman–Crippen LogP) is 4.31. The average Bonchev–Trinajstić information content (AvgIpc) is 2.97. The van der Waals surface area contributed by atoms with E-state index in [4.69, 9.17) is 20.5 Å². The molecule has 40 heavy (non-hydrogen) atoms. The lowest BCUT2D eigenvalue weighted by Gasteiger charge is -2.29. The predicted molar refractivity (Wildman–Crippen MR) is 150 cm³/mol. The summed E-state index contributed by atoms with van der Waals surface area (Å²) in [5, 5.41) is 26.7. The lowest BCUT2D eigenvalue weighted by atomic mass is 9.81. The normalized spacial score (nSPS) is 23.4. The summed E-state index contributed by atoms with van der Waals surface area (Å²) >= 11 is 0. The van der Waals surface area contributed by atoms with Crippen LogP contribution in [0.25, 0.3) is 0 Å². The van der Waals surface area contributed by atoms with Gasteiger partial charge >= 0.3 is 17.1 Å². The highest BCUT2D eigenvalue weighted by atomic mass is 16.5. The minimum absolute atomic E-state index is 0.154. The monoisotopic (exact) mass is 552 g/mol.